The van der Waals surface area contributed by atoms with Gasteiger partial charge in [-0.2, -0.15) is 0 Å². The van der Waals surface area contributed by atoms with Crippen LogP contribution in [0.5, 0.6) is 0 Å². The fraction of sp³-hybridized carbons (Fsp3) is 0.500. The standard InChI is InChI=1S/C18H24N4O/c1-14-7-9-16(10-8-14)5-3-4-6-18(23)21-11-12-22-15(2)19-20-17(22)13-21/h7-10H,3-6,11-13H2,1-2H3. The Labute approximate surface area is 137 Å². The average Bonchev–Trinajstić information content (AvgIpc) is 2.94. The Morgan fingerprint density at radius 2 is 1.87 bits per heavy atom. The Balaban J connectivity index is 1.42. The molecule has 0 saturated heterocycles. The molecular weight excluding hydrogens is 288 g/mol. The second-order valence-corrected chi connectivity index (χ2v) is 6.32. The lowest BCUT2D eigenvalue weighted by Crippen LogP contribution is -2.38. The van der Waals surface area contributed by atoms with Gasteiger partial charge in [0.25, 0.3) is 0 Å². The van der Waals surface area contributed by atoms with E-state index >= 15 is 0 Å². The zero-order valence-corrected chi connectivity index (χ0v) is 14.0. The Bertz CT molecular complexity index is 675. The molecular formula is C18H24N4O. The SMILES string of the molecule is Cc1ccc(CCCCC(=O)N2CCn3c(C)nnc3C2)cc1. The lowest BCUT2D eigenvalue weighted by Gasteiger charge is -2.27. The van der Waals surface area contributed by atoms with Crippen LogP contribution in [-0.2, 0) is 24.3 Å². The molecule has 1 aliphatic heterocycles. The van der Waals surface area contributed by atoms with Crippen LogP contribution in [0.25, 0.3) is 0 Å². The Morgan fingerprint density at radius 1 is 1.09 bits per heavy atom. The Hall–Kier alpha value is -2.17. The average molecular weight is 312 g/mol. The van der Waals surface area contributed by atoms with Gasteiger partial charge in [0.15, 0.2) is 5.82 Å². The molecule has 0 aliphatic carbocycles. The molecule has 1 amide bonds. The molecule has 0 bridgehead atoms. The van der Waals surface area contributed by atoms with Crippen LogP contribution in [0.15, 0.2) is 24.3 Å². The molecule has 0 N–H and O–H groups in total. The number of aromatic nitrogens is 3. The van der Waals surface area contributed by atoms with Gasteiger partial charge < -0.3 is 9.47 Å². The number of unbranched alkanes of at least 4 members (excludes halogenated alkanes) is 1. The summed E-state index contributed by atoms with van der Waals surface area (Å²) in [4.78, 5) is 14.3. The zero-order chi connectivity index (χ0) is 16.2. The van der Waals surface area contributed by atoms with Gasteiger partial charge >= 0.3 is 0 Å². The maximum Gasteiger partial charge on any atom is 0.223 e. The third-order valence-electron chi connectivity index (χ3n) is 4.52. The van der Waals surface area contributed by atoms with Gasteiger partial charge in [-0.25, -0.2) is 0 Å². The number of aryl methyl sites for hydroxylation is 3. The first kappa shape index (κ1) is 15.7. The van der Waals surface area contributed by atoms with Crippen molar-refractivity contribution in [3.8, 4) is 0 Å². The molecule has 1 aromatic carbocycles. The van der Waals surface area contributed by atoms with Crippen molar-refractivity contribution in [1.82, 2.24) is 19.7 Å². The van der Waals surface area contributed by atoms with Crippen LogP contribution in [0, 0.1) is 13.8 Å². The van der Waals surface area contributed by atoms with E-state index in [1.807, 2.05) is 11.8 Å². The predicted octanol–water partition coefficient (Wildman–Crippen LogP) is 2.65. The first-order valence-electron chi connectivity index (χ1n) is 8.35. The summed E-state index contributed by atoms with van der Waals surface area (Å²) in [6.07, 6.45) is 3.66. The van der Waals surface area contributed by atoms with Gasteiger partial charge in [-0.15, -0.1) is 10.2 Å². The molecule has 5 heteroatoms. The molecule has 1 aromatic heterocycles. The van der Waals surface area contributed by atoms with E-state index in [1.165, 1.54) is 11.1 Å². The van der Waals surface area contributed by atoms with Gasteiger partial charge in [0.05, 0.1) is 6.54 Å². The molecule has 0 unspecified atom stereocenters. The third-order valence-corrected chi connectivity index (χ3v) is 4.52. The predicted molar refractivity (Wildman–Crippen MR) is 88.9 cm³/mol. The fourth-order valence-corrected chi connectivity index (χ4v) is 3.03. The number of hydrogen-bond donors (Lipinski definition) is 0. The molecule has 3 rings (SSSR count). The molecule has 23 heavy (non-hydrogen) atoms. The van der Waals surface area contributed by atoms with Crippen molar-refractivity contribution in [3.63, 3.8) is 0 Å². The minimum atomic E-state index is 0.237. The molecule has 122 valence electrons. The highest BCUT2D eigenvalue weighted by atomic mass is 16.2. The normalized spacial score (nSPS) is 13.9. The summed E-state index contributed by atoms with van der Waals surface area (Å²) < 4.78 is 2.10. The smallest absolute Gasteiger partial charge is 0.223 e. The van der Waals surface area contributed by atoms with Gasteiger partial charge in [0.2, 0.25) is 5.91 Å². The van der Waals surface area contributed by atoms with Crippen molar-refractivity contribution in [1.29, 1.82) is 0 Å². The van der Waals surface area contributed by atoms with Crippen LogP contribution in [0.1, 0.15) is 42.0 Å². The lowest BCUT2D eigenvalue weighted by molar-refractivity contribution is -0.132. The van der Waals surface area contributed by atoms with Crippen molar-refractivity contribution in [2.75, 3.05) is 6.54 Å². The van der Waals surface area contributed by atoms with Crippen LogP contribution in [0.3, 0.4) is 0 Å². The summed E-state index contributed by atoms with van der Waals surface area (Å²) in [6, 6.07) is 8.65. The van der Waals surface area contributed by atoms with Crippen molar-refractivity contribution in [3.05, 3.63) is 47.0 Å². The van der Waals surface area contributed by atoms with E-state index in [0.29, 0.717) is 13.0 Å². The second kappa shape index (κ2) is 6.94. The van der Waals surface area contributed by atoms with E-state index in [1.54, 1.807) is 0 Å². The first-order chi connectivity index (χ1) is 11.1. The van der Waals surface area contributed by atoms with Gasteiger partial charge in [-0.3, -0.25) is 4.79 Å². The molecule has 0 saturated carbocycles. The summed E-state index contributed by atoms with van der Waals surface area (Å²) in [7, 11) is 0. The maximum atomic E-state index is 12.3. The number of fused-ring (bicyclic) bond motifs is 1. The largest absolute Gasteiger partial charge is 0.333 e. The van der Waals surface area contributed by atoms with Crippen LogP contribution in [0.4, 0.5) is 0 Å². The Morgan fingerprint density at radius 3 is 2.65 bits per heavy atom. The van der Waals surface area contributed by atoms with E-state index in [4.69, 9.17) is 0 Å². The zero-order valence-electron chi connectivity index (χ0n) is 14.0. The third kappa shape index (κ3) is 3.78. The summed E-state index contributed by atoms with van der Waals surface area (Å²) >= 11 is 0. The van der Waals surface area contributed by atoms with Crippen molar-refractivity contribution in [2.24, 2.45) is 0 Å². The number of carbonyl (C=O) groups is 1. The van der Waals surface area contributed by atoms with Crippen molar-refractivity contribution < 1.29 is 4.79 Å². The second-order valence-electron chi connectivity index (χ2n) is 6.32. The van der Waals surface area contributed by atoms with E-state index in [0.717, 1.165) is 44.0 Å². The van der Waals surface area contributed by atoms with E-state index in [9.17, 15) is 4.79 Å². The molecule has 1 aliphatic rings. The van der Waals surface area contributed by atoms with Gasteiger partial charge in [0.1, 0.15) is 5.82 Å². The summed E-state index contributed by atoms with van der Waals surface area (Å²) in [5, 5.41) is 8.23. The quantitative estimate of drug-likeness (QED) is 0.798. The molecule has 0 fully saturated rings. The van der Waals surface area contributed by atoms with E-state index < -0.39 is 0 Å². The first-order valence-corrected chi connectivity index (χ1v) is 8.35. The molecule has 2 heterocycles. The van der Waals surface area contributed by atoms with Crippen molar-refractivity contribution >= 4 is 5.91 Å². The lowest BCUT2D eigenvalue weighted by atomic mass is 10.1. The topological polar surface area (TPSA) is 51.0 Å². The van der Waals surface area contributed by atoms with Gasteiger partial charge in [-0.05, 0) is 38.7 Å². The minimum absolute atomic E-state index is 0.237. The van der Waals surface area contributed by atoms with Gasteiger partial charge in [0, 0.05) is 19.5 Å². The van der Waals surface area contributed by atoms with E-state index in [-0.39, 0.29) is 5.91 Å². The summed E-state index contributed by atoms with van der Waals surface area (Å²) in [5.41, 5.74) is 2.64. The highest BCUT2D eigenvalue weighted by Gasteiger charge is 2.22. The minimum Gasteiger partial charge on any atom is -0.333 e. The number of benzene rings is 1. The maximum absolute atomic E-state index is 12.3. The number of hydrogen-bond acceptors (Lipinski definition) is 3. The molecule has 0 spiro atoms. The van der Waals surface area contributed by atoms with Crippen LogP contribution in [-0.4, -0.2) is 32.1 Å². The molecule has 0 radical (unpaired) electrons. The number of nitrogens with zero attached hydrogens (tertiary/aromatic N) is 4. The summed E-state index contributed by atoms with van der Waals surface area (Å²) in [5.74, 6) is 2.08. The molecule has 2 aromatic rings. The van der Waals surface area contributed by atoms with Crippen molar-refractivity contribution in [2.45, 2.75) is 52.6 Å². The highest BCUT2D eigenvalue weighted by Crippen LogP contribution is 2.14. The summed E-state index contributed by atoms with van der Waals surface area (Å²) in [6.45, 7) is 6.23. The monoisotopic (exact) mass is 312 g/mol. The number of rotatable bonds is 5. The Kier molecular flexibility index (Phi) is 4.74. The molecule has 5 nitrogen and oxygen atoms in total. The van der Waals surface area contributed by atoms with E-state index in [2.05, 4.69) is 46.0 Å². The highest BCUT2D eigenvalue weighted by molar-refractivity contribution is 5.76. The van der Waals surface area contributed by atoms with Crippen LogP contribution < -0.4 is 0 Å². The number of amides is 1. The fourth-order valence-electron chi connectivity index (χ4n) is 3.03. The van der Waals surface area contributed by atoms with Crippen LogP contribution >= 0.6 is 0 Å². The van der Waals surface area contributed by atoms with Crippen LogP contribution in [0.2, 0.25) is 0 Å². The number of carbonyl (C=O) groups excluding carboxylic acids is 1. The van der Waals surface area contributed by atoms with Gasteiger partial charge in [-0.1, -0.05) is 29.8 Å². The molecule has 0 atom stereocenters.